The fraction of sp³-hybridized carbons (Fsp3) is 0.200. The molecule has 3 N–H and O–H groups in total. The van der Waals surface area contributed by atoms with E-state index in [2.05, 4.69) is 10.3 Å². The highest BCUT2D eigenvalue weighted by atomic mass is 35.5. The van der Waals surface area contributed by atoms with E-state index >= 15 is 0 Å². The summed E-state index contributed by atoms with van der Waals surface area (Å²) >= 11 is 0. The highest BCUT2D eigenvalue weighted by Crippen LogP contribution is 2.23. The first-order valence-electron chi connectivity index (χ1n) is 4.80. The van der Waals surface area contributed by atoms with E-state index in [1.54, 1.807) is 6.07 Å². The van der Waals surface area contributed by atoms with Crippen LogP contribution >= 0.6 is 12.4 Å². The molecular weight excluding hydrogens is 228 g/mol. The number of nitrogens with one attached hydrogen (secondary N) is 1. The topological polar surface area (TPSA) is 72.9 Å². The molecule has 0 spiro atoms. The van der Waals surface area contributed by atoms with Crippen molar-refractivity contribution in [2.45, 2.75) is 6.54 Å². The quantitative estimate of drug-likeness (QED) is 0.713. The Balaban J connectivity index is 0.000000963. The summed E-state index contributed by atoms with van der Waals surface area (Å²) in [6, 6.07) is 5.48. The van der Waals surface area contributed by atoms with Gasteiger partial charge in [0.2, 0.25) is 5.95 Å². The Morgan fingerprint density at radius 2 is 2.25 bits per heavy atom. The number of rotatable bonds is 0. The van der Waals surface area contributed by atoms with Crippen LogP contribution in [-0.2, 0) is 6.54 Å². The zero-order valence-corrected chi connectivity index (χ0v) is 9.25. The van der Waals surface area contributed by atoms with Gasteiger partial charge >= 0.3 is 0 Å². The number of aromatic nitrogens is 2. The van der Waals surface area contributed by atoms with Crippen LogP contribution in [-0.4, -0.2) is 22.0 Å². The molecule has 0 aliphatic carbocycles. The average molecular weight is 239 g/mol. The third kappa shape index (κ3) is 1.32. The van der Waals surface area contributed by atoms with Crippen molar-refractivity contribution in [1.82, 2.24) is 14.9 Å². The first kappa shape index (κ1) is 10.8. The molecule has 0 bridgehead atoms. The van der Waals surface area contributed by atoms with Crippen LogP contribution in [0.4, 0.5) is 5.95 Å². The maximum absolute atomic E-state index is 11.7. The monoisotopic (exact) mass is 238 g/mol. The van der Waals surface area contributed by atoms with Gasteiger partial charge < -0.3 is 15.6 Å². The minimum atomic E-state index is -0.0562. The number of para-hydroxylation sites is 1. The molecule has 16 heavy (non-hydrogen) atoms. The van der Waals surface area contributed by atoms with Gasteiger partial charge in [0.1, 0.15) is 0 Å². The van der Waals surface area contributed by atoms with Crippen molar-refractivity contribution in [3.05, 3.63) is 23.8 Å². The molecule has 0 atom stereocenters. The van der Waals surface area contributed by atoms with E-state index in [9.17, 15) is 4.79 Å². The molecule has 84 valence electrons. The number of carbonyl (C=O) groups is 1. The number of imidazole rings is 1. The average Bonchev–Trinajstić information content (AvgIpc) is 2.43. The highest BCUT2D eigenvalue weighted by Gasteiger charge is 2.19. The van der Waals surface area contributed by atoms with Crippen LogP contribution < -0.4 is 11.1 Å². The van der Waals surface area contributed by atoms with Gasteiger partial charge in [0, 0.05) is 13.1 Å². The molecule has 1 aliphatic heterocycles. The second kappa shape index (κ2) is 3.68. The van der Waals surface area contributed by atoms with E-state index in [0.717, 1.165) is 11.0 Å². The maximum atomic E-state index is 11.7. The van der Waals surface area contributed by atoms with Crippen molar-refractivity contribution in [2.24, 2.45) is 0 Å². The van der Waals surface area contributed by atoms with Crippen molar-refractivity contribution < 1.29 is 4.79 Å². The van der Waals surface area contributed by atoms with Crippen molar-refractivity contribution in [1.29, 1.82) is 0 Å². The fourth-order valence-corrected chi connectivity index (χ4v) is 1.99. The van der Waals surface area contributed by atoms with Crippen molar-refractivity contribution in [3.63, 3.8) is 0 Å². The van der Waals surface area contributed by atoms with E-state index in [1.807, 2.05) is 16.7 Å². The molecule has 1 aromatic carbocycles. The number of halogens is 1. The molecule has 0 saturated carbocycles. The van der Waals surface area contributed by atoms with Gasteiger partial charge in [-0.05, 0) is 12.1 Å². The smallest absolute Gasteiger partial charge is 0.253 e. The summed E-state index contributed by atoms with van der Waals surface area (Å²) in [4.78, 5) is 15.9. The van der Waals surface area contributed by atoms with Crippen molar-refractivity contribution in [2.75, 3.05) is 12.3 Å². The number of hydrogen-bond donors (Lipinski definition) is 2. The van der Waals surface area contributed by atoms with Crippen molar-refractivity contribution in [3.8, 4) is 0 Å². The molecular formula is C10H11ClN4O. The van der Waals surface area contributed by atoms with Crippen molar-refractivity contribution >= 4 is 35.3 Å². The Morgan fingerprint density at radius 3 is 3.06 bits per heavy atom. The fourth-order valence-electron chi connectivity index (χ4n) is 1.99. The highest BCUT2D eigenvalue weighted by molar-refractivity contribution is 6.06. The summed E-state index contributed by atoms with van der Waals surface area (Å²) in [5.41, 5.74) is 8.06. The van der Waals surface area contributed by atoms with Gasteiger partial charge in [-0.3, -0.25) is 4.79 Å². The van der Waals surface area contributed by atoms with Gasteiger partial charge in [-0.25, -0.2) is 4.98 Å². The summed E-state index contributed by atoms with van der Waals surface area (Å²) in [6.07, 6.45) is 0. The Morgan fingerprint density at radius 1 is 1.44 bits per heavy atom. The summed E-state index contributed by atoms with van der Waals surface area (Å²) in [5, 5.41) is 2.82. The summed E-state index contributed by atoms with van der Waals surface area (Å²) in [5.74, 6) is 0.410. The molecule has 0 unspecified atom stereocenters. The molecule has 5 nitrogen and oxygen atoms in total. The summed E-state index contributed by atoms with van der Waals surface area (Å²) in [6.45, 7) is 1.26. The van der Waals surface area contributed by atoms with Crippen LogP contribution in [0.2, 0.25) is 0 Å². The lowest BCUT2D eigenvalue weighted by Crippen LogP contribution is -2.24. The van der Waals surface area contributed by atoms with Crippen LogP contribution in [0.15, 0.2) is 18.2 Å². The number of nitrogens with two attached hydrogens (primary N) is 1. The Kier molecular flexibility index (Phi) is 2.47. The van der Waals surface area contributed by atoms with Crippen LogP contribution in [0.1, 0.15) is 10.4 Å². The second-order valence-corrected chi connectivity index (χ2v) is 3.55. The van der Waals surface area contributed by atoms with Gasteiger partial charge in [-0.15, -0.1) is 12.4 Å². The minimum Gasteiger partial charge on any atom is -0.369 e. The van der Waals surface area contributed by atoms with E-state index in [-0.39, 0.29) is 18.3 Å². The first-order valence-corrected chi connectivity index (χ1v) is 4.80. The summed E-state index contributed by atoms with van der Waals surface area (Å²) in [7, 11) is 0. The van der Waals surface area contributed by atoms with Gasteiger partial charge in [-0.1, -0.05) is 6.07 Å². The minimum absolute atomic E-state index is 0. The molecule has 6 heteroatoms. The zero-order chi connectivity index (χ0) is 10.4. The first-order chi connectivity index (χ1) is 7.27. The van der Waals surface area contributed by atoms with E-state index < -0.39 is 0 Å². The maximum Gasteiger partial charge on any atom is 0.253 e. The van der Waals surface area contributed by atoms with Crippen LogP contribution in [0.5, 0.6) is 0 Å². The molecule has 1 aromatic heterocycles. The predicted octanol–water partition coefficient (Wildman–Crippen LogP) is 0.784. The lowest BCUT2D eigenvalue weighted by Gasteiger charge is -2.01. The second-order valence-electron chi connectivity index (χ2n) is 3.55. The summed E-state index contributed by atoms with van der Waals surface area (Å²) < 4.78 is 1.88. The van der Waals surface area contributed by atoms with Gasteiger partial charge in [0.15, 0.2) is 0 Å². The molecule has 2 heterocycles. The van der Waals surface area contributed by atoms with Gasteiger partial charge in [-0.2, -0.15) is 0 Å². The van der Waals surface area contributed by atoms with Crippen LogP contribution in [0.3, 0.4) is 0 Å². The third-order valence-corrected chi connectivity index (χ3v) is 2.66. The molecule has 1 aliphatic rings. The van der Waals surface area contributed by atoms with Gasteiger partial charge in [0.05, 0.1) is 16.6 Å². The normalized spacial score (nSPS) is 14.1. The zero-order valence-electron chi connectivity index (χ0n) is 8.43. The lowest BCUT2D eigenvalue weighted by atomic mass is 10.2. The number of carbonyl (C=O) groups excluding carboxylic acids is 1. The number of benzene rings is 1. The van der Waals surface area contributed by atoms with E-state index in [0.29, 0.717) is 24.6 Å². The Labute approximate surface area is 98.0 Å². The number of nitrogens with zero attached hydrogens (tertiary/aromatic N) is 2. The molecule has 2 aromatic rings. The Bertz CT molecular complexity index is 563. The standard InChI is InChI=1S/C10H10N4O.ClH/c11-10-13-7-3-1-2-6-8(7)14(10)5-4-12-9(6)15;/h1-3H,4-5H2,(H2,11,13)(H,12,15);1H. The lowest BCUT2D eigenvalue weighted by molar-refractivity contribution is 0.0956. The molecule has 1 amide bonds. The van der Waals surface area contributed by atoms with Crippen LogP contribution in [0, 0.1) is 0 Å². The van der Waals surface area contributed by atoms with E-state index in [1.165, 1.54) is 0 Å². The Hall–Kier alpha value is -1.75. The largest absolute Gasteiger partial charge is 0.369 e. The number of nitrogen functional groups attached to an aromatic ring is 1. The predicted molar refractivity (Wildman–Crippen MR) is 63.7 cm³/mol. The van der Waals surface area contributed by atoms with Gasteiger partial charge in [0.25, 0.3) is 5.91 Å². The molecule has 0 radical (unpaired) electrons. The molecule has 3 rings (SSSR count). The number of anilines is 1. The van der Waals surface area contributed by atoms with E-state index in [4.69, 9.17) is 5.73 Å². The van der Waals surface area contributed by atoms with Crippen LogP contribution in [0.25, 0.3) is 11.0 Å². The molecule has 0 fully saturated rings. The number of amides is 1. The third-order valence-electron chi connectivity index (χ3n) is 2.66. The molecule has 0 saturated heterocycles. The number of hydrogen-bond acceptors (Lipinski definition) is 3. The SMILES string of the molecule is Cl.Nc1nc2cccc3c2n1CCNC3=O.